The second-order valence-corrected chi connectivity index (χ2v) is 6.28. The Bertz CT molecular complexity index is 222. The Labute approximate surface area is 101 Å². The first kappa shape index (κ1) is 15.6. The summed E-state index contributed by atoms with van der Waals surface area (Å²) >= 11 is 0. The molecule has 94 valence electrons. The normalized spacial score (nSPS) is 12.8. The molecule has 0 radical (unpaired) electrons. The van der Waals surface area contributed by atoms with Crippen molar-refractivity contribution in [2.75, 3.05) is 46.6 Å². The highest BCUT2D eigenvalue weighted by molar-refractivity contribution is 7.37. The maximum atomic E-state index is 11.0. The van der Waals surface area contributed by atoms with Gasteiger partial charge in [-0.1, -0.05) is 6.08 Å². The van der Waals surface area contributed by atoms with E-state index in [0.29, 0.717) is 6.61 Å². The van der Waals surface area contributed by atoms with Crippen molar-refractivity contribution in [3.8, 4) is 0 Å². The number of carbonyl (C=O) groups is 1. The topological polar surface area (TPSA) is 26.3 Å². The third-order valence-electron chi connectivity index (χ3n) is 2.00. The van der Waals surface area contributed by atoms with E-state index in [-0.39, 0.29) is 5.97 Å². The monoisotopic (exact) mass is 246 g/mol. The molecule has 3 nitrogen and oxygen atoms in total. The Kier molecular flexibility index (Phi) is 8.50. The predicted molar refractivity (Wildman–Crippen MR) is 71.3 cm³/mol. The van der Waals surface area contributed by atoms with Crippen molar-refractivity contribution in [1.82, 2.24) is 0 Å². The van der Waals surface area contributed by atoms with Gasteiger partial charge in [-0.05, 0) is 19.5 Å². The van der Waals surface area contributed by atoms with Crippen molar-refractivity contribution in [3.05, 3.63) is 12.2 Å². The van der Waals surface area contributed by atoms with Crippen LogP contribution in [0.2, 0.25) is 0 Å². The lowest BCUT2D eigenvalue weighted by Gasteiger charge is -2.23. The second kappa shape index (κ2) is 8.72. The molecule has 0 saturated heterocycles. The van der Waals surface area contributed by atoms with Crippen LogP contribution in [0.3, 0.4) is 0 Å². The number of esters is 1. The summed E-state index contributed by atoms with van der Waals surface area (Å²) in [6, 6.07) is 0. The lowest BCUT2D eigenvalue weighted by atomic mass is 10.5. The molecule has 0 heterocycles. The van der Waals surface area contributed by atoms with Crippen LogP contribution in [0.1, 0.15) is 13.3 Å². The van der Waals surface area contributed by atoms with Gasteiger partial charge in [-0.15, -0.1) is 8.58 Å². The Hall–Kier alpha value is -0.400. The van der Waals surface area contributed by atoms with E-state index >= 15 is 0 Å². The molecule has 16 heavy (non-hydrogen) atoms. The molecule has 0 N–H and O–H groups in total. The SMILES string of the molecule is CC=CC(=O)OCCCPCC[N+](C)(C)C. The fourth-order valence-electron chi connectivity index (χ4n) is 1.09. The van der Waals surface area contributed by atoms with E-state index in [1.54, 1.807) is 6.08 Å². The van der Waals surface area contributed by atoms with Crippen LogP contribution < -0.4 is 0 Å². The van der Waals surface area contributed by atoms with Crippen molar-refractivity contribution in [2.24, 2.45) is 0 Å². The molecule has 0 aromatic heterocycles. The molecule has 0 saturated carbocycles. The van der Waals surface area contributed by atoms with Gasteiger partial charge in [0.25, 0.3) is 0 Å². The molecule has 0 rings (SSSR count). The molecule has 0 amide bonds. The van der Waals surface area contributed by atoms with Crippen LogP contribution in [0.5, 0.6) is 0 Å². The maximum absolute atomic E-state index is 11.0. The van der Waals surface area contributed by atoms with E-state index in [4.69, 9.17) is 4.74 Å². The minimum Gasteiger partial charge on any atom is -0.463 e. The maximum Gasteiger partial charge on any atom is 0.330 e. The second-order valence-electron chi connectivity index (χ2n) is 4.78. The average molecular weight is 246 g/mol. The van der Waals surface area contributed by atoms with Gasteiger partial charge in [0.05, 0.1) is 34.3 Å². The molecule has 0 aliphatic carbocycles. The number of hydrogen-bond donors (Lipinski definition) is 0. The lowest BCUT2D eigenvalue weighted by Crippen LogP contribution is -2.36. The number of quaternary nitrogens is 1. The van der Waals surface area contributed by atoms with E-state index < -0.39 is 0 Å². The van der Waals surface area contributed by atoms with Crippen LogP contribution in [0.15, 0.2) is 12.2 Å². The summed E-state index contributed by atoms with van der Waals surface area (Å²) in [5.41, 5.74) is 0. The number of allylic oxidation sites excluding steroid dienone is 1. The van der Waals surface area contributed by atoms with Crippen molar-refractivity contribution in [2.45, 2.75) is 13.3 Å². The number of rotatable bonds is 8. The van der Waals surface area contributed by atoms with Gasteiger partial charge in [-0.25, -0.2) is 4.79 Å². The fourth-order valence-corrected chi connectivity index (χ4v) is 2.57. The van der Waals surface area contributed by atoms with Crippen LogP contribution in [0.4, 0.5) is 0 Å². The number of ether oxygens (including phenoxy) is 1. The van der Waals surface area contributed by atoms with Crippen molar-refractivity contribution < 1.29 is 14.0 Å². The summed E-state index contributed by atoms with van der Waals surface area (Å²) < 4.78 is 6.04. The summed E-state index contributed by atoms with van der Waals surface area (Å²) in [4.78, 5) is 11.0. The molecule has 0 spiro atoms. The van der Waals surface area contributed by atoms with E-state index in [2.05, 4.69) is 21.1 Å². The smallest absolute Gasteiger partial charge is 0.330 e. The molecule has 0 aromatic rings. The standard InChI is InChI=1S/C12H25NO2P/c1-5-7-12(14)15-9-6-10-16-11-8-13(2,3)4/h5,7,16H,6,8-11H2,1-4H3/q+1. The summed E-state index contributed by atoms with van der Waals surface area (Å²) in [5, 5.41) is 0. The van der Waals surface area contributed by atoms with Gasteiger partial charge in [0.1, 0.15) is 0 Å². The van der Waals surface area contributed by atoms with Crippen molar-refractivity contribution in [1.29, 1.82) is 0 Å². The summed E-state index contributed by atoms with van der Waals surface area (Å²) in [5.74, 6) is -0.225. The molecular formula is C12H25NO2P+. The van der Waals surface area contributed by atoms with Gasteiger partial charge in [0.2, 0.25) is 0 Å². The third kappa shape index (κ3) is 11.7. The van der Waals surface area contributed by atoms with Crippen LogP contribution >= 0.6 is 8.58 Å². The largest absolute Gasteiger partial charge is 0.463 e. The van der Waals surface area contributed by atoms with Crippen molar-refractivity contribution in [3.63, 3.8) is 0 Å². The fraction of sp³-hybridized carbons (Fsp3) is 0.750. The molecule has 0 aliphatic heterocycles. The minimum absolute atomic E-state index is 0.225. The Morgan fingerprint density at radius 2 is 2.00 bits per heavy atom. The van der Waals surface area contributed by atoms with Crippen molar-refractivity contribution >= 4 is 14.6 Å². The molecule has 0 bridgehead atoms. The minimum atomic E-state index is -0.225. The molecule has 0 aliphatic rings. The number of carbonyl (C=O) groups excluding carboxylic acids is 1. The Balaban J connectivity index is 3.25. The van der Waals surface area contributed by atoms with Gasteiger partial charge >= 0.3 is 5.97 Å². The first-order chi connectivity index (χ1) is 7.45. The highest BCUT2D eigenvalue weighted by atomic mass is 31.1. The highest BCUT2D eigenvalue weighted by Gasteiger charge is 2.05. The zero-order valence-electron chi connectivity index (χ0n) is 11.0. The van der Waals surface area contributed by atoms with Gasteiger partial charge in [0.15, 0.2) is 0 Å². The summed E-state index contributed by atoms with van der Waals surface area (Å²) in [7, 11) is 7.62. The van der Waals surface area contributed by atoms with E-state index in [1.165, 1.54) is 24.9 Å². The highest BCUT2D eigenvalue weighted by Crippen LogP contribution is 2.12. The van der Waals surface area contributed by atoms with Gasteiger partial charge in [0, 0.05) is 12.2 Å². The first-order valence-electron chi connectivity index (χ1n) is 5.76. The molecule has 1 unspecified atom stereocenters. The third-order valence-corrected chi connectivity index (χ3v) is 3.29. The summed E-state index contributed by atoms with van der Waals surface area (Å²) in [6.07, 6.45) is 6.58. The van der Waals surface area contributed by atoms with E-state index in [9.17, 15) is 4.79 Å². The predicted octanol–water partition coefficient (Wildman–Crippen LogP) is 1.88. The molecule has 0 fully saturated rings. The Morgan fingerprint density at radius 3 is 2.56 bits per heavy atom. The van der Waals surface area contributed by atoms with Crippen LogP contribution in [-0.2, 0) is 9.53 Å². The Morgan fingerprint density at radius 1 is 1.31 bits per heavy atom. The zero-order valence-corrected chi connectivity index (χ0v) is 12.0. The number of nitrogens with zero attached hydrogens (tertiary/aromatic N) is 1. The summed E-state index contributed by atoms with van der Waals surface area (Å²) in [6.45, 7) is 3.59. The zero-order chi connectivity index (χ0) is 12.4. The van der Waals surface area contributed by atoms with Gasteiger partial charge in [-0.3, -0.25) is 0 Å². The molecule has 1 atom stereocenters. The van der Waals surface area contributed by atoms with Gasteiger partial charge in [-0.2, -0.15) is 0 Å². The van der Waals surface area contributed by atoms with Crippen LogP contribution in [-0.4, -0.2) is 57.1 Å². The van der Waals surface area contributed by atoms with Crippen LogP contribution in [0, 0.1) is 0 Å². The first-order valence-corrected chi connectivity index (χ1v) is 7.18. The van der Waals surface area contributed by atoms with Crippen LogP contribution in [0.25, 0.3) is 0 Å². The van der Waals surface area contributed by atoms with E-state index in [1.807, 2.05) is 6.92 Å². The lowest BCUT2D eigenvalue weighted by molar-refractivity contribution is -0.867. The average Bonchev–Trinajstić information content (AvgIpc) is 2.15. The van der Waals surface area contributed by atoms with Gasteiger partial charge < -0.3 is 9.22 Å². The molecular weight excluding hydrogens is 221 g/mol. The van der Waals surface area contributed by atoms with E-state index in [0.717, 1.165) is 19.5 Å². The number of hydrogen-bond acceptors (Lipinski definition) is 2. The molecule has 0 aromatic carbocycles. The quantitative estimate of drug-likeness (QED) is 0.215. The molecule has 4 heteroatoms.